The maximum Gasteiger partial charge on any atom is 0.124 e. The van der Waals surface area contributed by atoms with Crippen molar-refractivity contribution in [3.63, 3.8) is 0 Å². The van der Waals surface area contributed by atoms with Gasteiger partial charge in [0, 0.05) is 47.4 Å². The van der Waals surface area contributed by atoms with Crippen molar-refractivity contribution in [2.45, 2.75) is 40.3 Å². The highest BCUT2D eigenvalue weighted by atomic mass is 32.1. The molecule has 0 aromatic carbocycles. The van der Waals surface area contributed by atoms with E-state index in [9.17, 15) is 0 Å². The molecule has 0 amide bonds. The Bertz CT molecular complexity index is 628. The highest BCUT2D eigenvalue weighted by Crippen LogP contribution is 2.26. The summed E-state index contributed by atoms with van der Waals surface area (Å²) in [5.74, 6) is 1.74. The first kappa shape index (κ1) is 14.6. The third-order valence-electron chi connectivity index (χ3n) is 4.16. The molecule has 2 aromatic rings. The van der Waals surface area contributed by atoms with Crippen LogP contribution in [0.4, 0.5) is 5.82 Å². The van der Waals surface area contributed by atoms with Crippen LogP contribution in [0.25, 0.3) is 0 Å². The van der Waals surface area contributed by atoms with Crippen molar-refractivity contribution < 1.29 is 0 Å². The summed E-state index contributed by atoms with van der Waals surface area (Å²) in [4.78, 5) is 2.83. The number of anilines is 1. The lowest BCUT2D eigenvalue weighted by Crippen LogP contribution is -2.36. The fourth-order valence-electron chi connectivity index (χ4n) is 3.06. The summed E-state index contributed by atoms with van der Waals surface area (Å²) in [7, 11) is 0. The van der Waals surface area contributed by atoms with E-state index in [1.807, 2.05) is 18.3 Å². The standard InChI is InChI=1S/C16H24N4S/c1-10-5-16-18-8-14(9-20(16)19-10)7-17-12(3)15-6-11(2)21-13(15)4/h5-6,12,14,17-18H,7-9H2,1-4H3/t12-,14+/m1/s1. The predicted molar refractivity (Wildman–Crippen MR) is 89.2 cm³/mol. The van der Waals surface area contributed by atoms with Crippen LogP contribution in [0.3, 0.4) is 0 Å². The van der Waals surface area contributed by atoms with Gasteiger partial charge in [-0.25, -0.2) is 4.68 Å². The van der Waals surface area contributed by atoms with Crippen molar-refractivity contribution in [1.29, 1.82) is 0 Å². The molecule has 0 saturated carbocycles. The van der Waals surface area contributed by atoms with Crippen LogP contribution in [-0.2, 0) is 6.54 Å². The second-order valence-electron chi connectivity index (χ2n) is 6.10. The van der Waals surface area contributed by atoms with Crippen molar-refractivity contribution in [1.82, 2.24) is 15.1 Å². The molecule has 0 spiro atoms. The zero-order valence-electron chi connectivity index (χ0n) is 13.2. The lowest BCUT2D eigenvalue weighted by molar-refractivity contribution is 0.375. The number of aromatic nitrogens is 2. The van der Waals surface area contributed by atoms with Crippen LogP contribution in [-0.4, -0.2) is 22.9 Å². The van der Waals surface area contributed by atoms with E-state index in [0.717, 1.165) is 31.1 Å². The molecule has 0 aliphatic carbocycles. The van der Waals surface area contributed by atoms with Crippen molar-refractivity contribution in [2.75, 3.05) is 18.4 Å². The molecule has 2 atom stereocenters. The molecular weight excluding hydrogens is 280 g/mol. The minimum Gasteiger partial charge on any atom is -0.370 e. The topological polar surface area (TPSA) is 41.9 Å². The Hall–Kier alpha value is -1.33. The first-order chi connectivity index (χ1) is 10.0. The first-order valence-corrected chi connectivity index (χ1v) is 8.43. The molecule has 2 aromatic heterocycles. The van der Waals surface area contributed by atoms with E-state index in [2.05, 4.69) is 53.3 Å². The van der Waals surface area contributed by atoms with Gasteiger partial charge in [-0.05, 0) is 39.3 Å². The van der Waals surface area contributed by atoms with Gasteiger partial charge in [0.15, 0.2) is 0 Å². The maximum atomic E-state index is 4.53. The van der Waals surface area contributed by atoms with Crippen molar-refractivity contribution in [3.05, 3.63) is 33.1 Å². The van der Waals surface area contributed by atoms with E-state index in [1.54, 1.807) is 0 Å². The molecule has 0 unspecified atom stereocenters. The average Bonchev–Trinajstić information content (AvgIpc) is 2.96. The zero-order chi connectivity index (χ0) is 15.0. The monoisotopic (exact) mass is 304 g/mol. The minimum absolute atomic E-state index is 0.413. The molecule has 2 N–H and O–H groups in total. The molecule has 3 heterocycles. The third kappa shape index (κ3) is 3.14. The quantitative estimate of drug-likeness (QED) is 0.911. The van der Waals surface area contributed by atoms with Gasteiger partial charge in [-0.2, -0.15) is 5.10 Å². The Morgan fingerprint density at radius 1 is 1.43 bits per heavy atom. The number of hydrogen-bond donors (Lipinski definition) is 2. The molecule has 3 rings (SSSR count). The van der Waals surface area contributed by atoms with E-state index in [4.69, 9.17) is 0 Å². The third-order valence-corrected chi connectivity index (χ3v) is 5.15. The number of fused-ring (bicyclic) bond motifs is 1. The fourth-order valence-corrected chi connectivity index (χ4v) is 4.08. The molecule has 0 bridgehead atoms. The molecule has 114 valence electrons. The summed E-state index contributed by atoms with van der Waals surface area (Å²) < 4.78 is 2.09. The van der Waals surface area contributed by atoms with Gasteiger partial charge in [-0.1, -0.05) is 0 Å². The van der Waals surface area contributed by atoms with Gasteiger partial charge in [0.05, 0.1) is 5.69 Å². The molecule has 4 nitrogen and oxygen atoms in total. The summed E-state index contributed by atoms with van der Waals surface area (Å²) >= 11 is 1.89. The van der Waals surface area contributed by atoms with E-state index in [1.165, 1.54) is 15.3 Å². The molecule has 21 heavy (non-hydrogen) atoms. The zero-order valence-corrected chi connectivity index (χ0v) is 14.0. The van der Waals surface area contributed by atoms with Gasteiger partial charge < -0.3 is 10.6 Å². The summed E-state index contributed by atoms with van der Waals surface area (Å²) in [6.07, 6.45) is 0. The molecule has 5 heteroatoms. The van der Waals surface area contributed by atoms with Crippen LogP contribution in [0.5, 0.6) is 0 Å². The van der Waals surface area contributed by atoms with Crippen molar-refractivity contribution in [3.8, 4) is 0 Å². The van der Waals surface area contributed by atoms with Gasteiger partial charge in [-0.3, -0.25) is 0 Å². The second-order valence-corrected chi connectivity index (χ2v) is 7.56. The maximum absolute atomic E-state index is 4.53. The number of aryl methyl sites for hydroxylation is 3. The van der Waals surface area contributed by atoms with Gasteiger partial charge in [0.2, 0.25) is 0 Å². The Kier molecular flexibility index (Phi) is 4.04. The second kappa shape index (κ2) is 5.81. The van der Waals surface area contributed by atoms with Crippen LogP contribution in [0.15, 0.2) is 12.1 Å². The lowest BCUT2D eigenvalue weighted by atomic mass is 10.1. The van der Waals surface area contributed by atoms with Crippen molar-refractivity contribution >= 4 is 17.2 Å². The molecule has 0 radical (unpaired) electrons. The van der Waals surface area contributed by atoms with Crippen molar-refractivity contribution in [2.24, 2.45) is 5.92 Å². The molecule has 0 saturated heterocycles. The van der Waals surface area contributed by atoms with E-state index >= 15 is 0 Å². The Labute approximate surface area is 130 Å². The summed E-state index contributed by atoms with van der Waals surface area (Å²) in [6, 6.07) is 4.84. The van der Waals surface area contributed by atoms with Gasteiger partial charge in [-0.15, -0.1) is 11.3 Å². The van der Waals surface area contributed by atoms with Crippen LogP contribution >= 0.6 is 11.3 Å². The summed E-state index contributed by atoms with van der Waals surface area (Å²) in [5.41, 5.74) is 2.53. The molecule has 1 aliphatic rings. The SMILES string of the molecule is Cc1cc2n(n1)C[C@@H](CN[C@H](C)c1cc(C)sc1C)CN2. The lowest BCUT2D eigenvalue weighted by Gasteiger charge is -2.26. The molecular formula is C16H24N4S. The normalized spacial score (nSPS) is 19.1. The highest BCUT2D eigenvalue weighted by molar-refractivity contribution is 7.12. The number of nitrogens with zero attached hydrogens (tertiary/aromatic N) is 2. The van der Waals surface area contributed by atoms with Crippen LogP contribution in [0.2, 0.25) is 0 Å². The Morgan fingerprint density at radius 3 is 2.95 bits per heavy atom. The average molecular weight is 304 g/mol. The highest BCUT2D eigenvalue weighted by Gasteiger charge is 2.20. The number of hydrogen-bond acceptors (Lipinski definition) is 4. The summed E-state index contributed by atoms with van der Waals surface area (Å²) in [5, 5.41) is 11.7. The Balaban J connectivity index is 1.57. The first-order valence-electron chi connectivity index (χ1n) is 7.61. The van der Waals surface area contributed by atoms with Gasteiger partial charge in [0.25, 0.3) is 0 Å². The summed E-state index contributed by atoms with van der Waals surface area (Å²) in [6.45, 7) is 11.7. The van der Waals surface area contributed by atoms with Gasteiger partial charge >= 0.3 is 0 Å². The van der Waals surface area contributed by atoms with E-state index in [0.29, 0.717) is 12.0 Å². The van der Waals surface area contributed by atoms with Crippen LogP contribution in [0, 0.1) is 26.7 Å². The van der Waals surface area contributed by atoms with E-state index in [-0.39, 0.29) is 0 Å². The van der Waals surface area contributed by atoms with Crippen LogP contribution < -0.4 is 10.6 Å². The number of nitrogens with one attached hydrogen (secondary N) is 2. The molecule has 1 aliphatic heterocycles. The fraction of sp³-hybridized carbons (Fsp3) is 0.562. The van der Waals surface area contributed by atoms with Crippen LogP contribution in [0.1, 0.15) is 34.0 Å². The smallest absolute Gasteiger partial charge is 0.124 e. The van der Waals surface area contributed by atoms with Gasteiger partial charge in [0.1, 0.15) is 5.82 Å². The largest absolute Gasteiger partial charge is 0.370 e. The number of thiophene rings is 1. The predicted octanol–water partition coefficient (Wildman–Crippen LogP) is 3.26. The number of rotatable bonds is 4. The van der Waals surface area contributed by atoms with E-state index < -0.39 is 0 Å². The molecule has 0 fully saturated rings. The Morgan fingerprint density at radius 2 is 2.24 bits per heavy atom. The minimum atomic E-state index is 0.413.